The summed E-state index contributed by atoms with van der Waals surface area (Å²) in [6.07, 6.45) is 2.97. The first kappa shape index (κ1) is 15.1. The summed E-state index contributed by atoms with van der Waals surface area (Å²) in [4.78, 5) is 29.8. The van der Waals surface area contributed by atoms with Crippen LogP contribution in [0.15, 0.2) is 58.0 Å². The van der Waals surface area contributed by atoms with E-state index in [-0.39, 0.29) is 18.1 Å². The van der Waals surface area contributed by atoms with E-state index in [0.29, 0.717) is 10.8 Å². The van der Waals surface area contributed by atoms with Gasteiger partial charge in [-0.2, -0.15) is 0 Å². The van der Waals surface area contributed by atoms with Gasteiger partial charge in [-0.15, -0.1) is 0 Å². The van der Waals surface area contributed by atoms with Crippen LogP contribution in [-0.2, 0) is 11.3 Å². The number of pyridine rings is 1. The smallest absolute Gasteiger partial charge is 0.344 e. The molecule has 3 rings (SSSR count). The normalized spacial score (nSPS) is 10.5. The van der Waals surface area contributed by atoms with Crippen molar-refractivity contribution in [3.05, 3.63) is 75.6 Å². The van der Waals surface area contributed by atoms with Crippen molar-refractivity contribution in [1.82, 2.24) is 9.97 Å². The number of carbonyl (C=O) groups is 1. The molecule has 0 saturated heterocycles. The molecule has 0 amide bonds. The summed E-state index contributed by atoms with van der Waals surface area (Å²) in [6.45, 7) is -0.166. The van der Waals surface area contributed by atoms with Gasteiger partial charge in [-0.25, -0.2) is 9.78 Å². The van der Waals surface area contributed by atoms with E-state index in [1.807, 2.05) is 0 Å². The highest BCUT2D eigenvalue weighted by Gasteiger charge is 2.13. The van der Waals surface area contributed by atoms with E-state index in [2.05, 4.69) is 9.97 Å². The summed E-state index contributed by atoms with van der Waals surface area (Å²) in [7, 11) is 0. The van der Waals surface area contributed by atoms with Gasteiger partial charge in [-0.05, 0) is 36.4 Å². The average molecular weight is 331 g/mol. The van der Waals surface area contributed by atoms with Crippen molar-refractivity contribution in [1.29, 1.82) is 0 Å². The van der Waals surface area contributed by atoms with E-state index >= 15 is 0 Å². The molecule has 0 aliphatic heterocycles. The highest BCUT2D eigenvalue weighted by molar-refractivity contribution is 6.30. The lowest BCUT2D eigenvalue weighted by molar-refractivity contribution is 0.0437. The first-order chi connectivity index (χ1) is 11.1. The van der Waals surface area contributed by atoms with Crippen LogP contribution in [0.25, 0.3) is 11.3 Å². The van der Waals surface area contributed by atoms with Crippen LogP contribution < -0.4 is 5.56 Å². The molecule has 0 radical (unpaired) electrons. The molecule has 1 aromatic carbocycles. The third-order valence-corrected chi connectivity index (χ3v) is 3.30. The molecule has 0 unspecified atom stereocenters. The zero-order valence-electron chi connectivity index (χ0n) is 11.8. The van der Waals surface area contributed by atoms with Gasteiger partial charge in [0.15, 0.2) is 12.4 Å². The lowest BCUT2D eigenvalue weighted by Gasteiger charge is -2.01. The Morgan fingerprint density at radius 1 is 1.26 bits per heavy atom. The lowest BCUT2D eigenvalue weighted by atomic mass is 10.2. The summed E-state index contributed by atoms with van der Waals surface area (Å²) < 4.78 is 10.5. The van der Waals surface area contributed by atoms with Crippen molar-refractivity contribution in [3.8, 4) is 11.3 Å². The Kier molecular flexibility index (Phi) is 4.25. The van der Waals surface area contributed by atoms with E-state index < -0.39 is 11.5 Å². The molecule has 1 N–H and O–H groups in total. The molecular weight excluding hydrogens is 320 g/mol. The lowest BCUT2D eigenvalue weighted by Crippen LogP contribution is -2.18. The second kappa shape index (κ2) is 6.50. The standard InChI is InChI=1S/C16H11ClN2O4/c17-11-5-3-10(4-6-11)13-8-19-14(23-13)9-22-16(21)12-2-1-7-18-15(12)20/h1-8H,9H2,(H,18,20). The molecule has 0 atom stereocenters. The molecule has 116 valence electrons. The Morgan fingerprint density at radius 3 is 2.78 bits per heavy atom. The second-order valence-electron chi connectivity index (χ2n) is 4.61. The van der Waals surface area contributed by atoms with Crippen LogP contribution in [0.5, 0.6) is 0 Å². The number of ether oxygens (including phenoxy) is 1. The Labute approximate surface area is 135 Å². The molecule has 0 aliphatic rings. The van der Waals surface area contributed by atoms with Crippen LogP contribution in [0, 0.1) is 0 Å². The van der Waals surface area contributed by atoms with E-state index in [9.17, 15) is 9.59 Å². The van der Waals surface area contributed by atoms with E-state index in [4.69, 9.17) is 20.8 Å². The maximum Gasteiger partial charge on any atom is 0.344 e. The number of aromatic nitrogens is 2. The molecule has 0 aliphatic carbocycles. The minimum Gasteiger partial charge on any atom is -0.452 e. The zero-order chi connectivity index (χ0) is 16.2. The number of rotatable bonds is 4. The minimum atomic E-state index is -0.738. The van der Waals surface area contributed by atoms with E-state index in [1.165, 1.54) is 18.5 Å². The number of oxazole rings is 1. The monoisotopic (exact) mass is 330 g/mol. The zero-order valence-corrected chi connectivity index (χ0v) is 12.5. The van der Waals surface area contributed by atoms with Crippen LogP contribution in [0.4, 0.5) is 0 Å². The molecule has 0 spiro atoms. The van der Waals surface area contributed by atoms with Crippen LogP contribution >= 0.6 is 11.6 Å². The molecule has 2 heterocycles. The third-order valence-electron chi connectivity index (χ3n) is 3.05. The maximum atomic E-state index is 11.8. The summed E-state index contributed by atoms with van der Waals surface area (Å²) in [5.74, 6) is 0.0269. The Bertz CT molecular complexity index is 883. The number of halogens is 1. The van der Waals surface area contributed by atoms with Gasteiger partial charge >= 0.3 is 5.97 Å². The molecule has 6 nitrogen and oxygen atoms in total. The largest absolute Gasteiger partial charge is 0.452 e. The van der Waals surface area contributed by atoms with Crippen LogP contribution in [0.3, 0.4) is 0 Å². The molecule has 0 bridgehead atoms. The van der Waals surface area contributed by atoms with Gasteiger partial charge in [0, 0.05) is 16.8 Å². The fourth-order valence-corrected chi connectivity index (χ4v) is 2.04. The highest BCUT2D eigenvalue weighted by atomic mass is 35.5. The Morgan fingerprint density at radius 2 is 2.04 bits per heavy atom. The van der Waals surface area contributed by atoms with Crippen LogP contribution in [-0.4, -0.2) is 15.9 Å². The number of nitrogens with one attached hydrogen (secondary N) is 1. The number of esters is 1. The predicted molar refractivity (Wildman–Crippen MR) is 83.1 cm³/mol. The van der Waals surface area contributed by atoms with Gasteiger partial charge in [0.05, 0.1) is 6.20 Å². The SMILES string of the molecule is O=C(OCc1ncc(-c2ccc(Cl)cc2)o1)c1ccc[nH]c1=O. The van der Waals surface area contributed by atoms with Gasteiger partial charge in [0.2, 0.25) is 5.89 Å². The van der Waals surface area contributed by atoms with Gasteiger partial charge in [-0.3, -0.25) is 4.79 Å². The van der Waals surface area contributed by atoms with Crippen molar-refractivity contribution in [2.75, 3.05) is 0 Å². The third kappa shape index (κ3) is 3.49. The van der Waals surface area contributed by atoms with Gasteiger partial charge in [0.25, 0.3) is 5.56 Å². The van der Waals surface area contributed by atoms with Crippen molar-refractivity contribution in [3.63, 3.8) is 0 Å². The average Bonchev–Trinajstić information content (AvgIpc) is 3.03. The molecule has 7 heteroatoms. The molecule has 23 heavy (non-hydrogen) atoms. The first-order valence-electron chi connectivity index (χ1n) is 6.69. The molecule has 3 aromatic rings. The number of aromatic amines is 1. The topological polar surface area (TPSA) is 85.2 Å². The maximum absolute atomic E-state index is 11.8. The molecule has 2 aromatic heterocycles. The van der Waals surface area contributed by atoms with Crippen molar-refractivity contribution in [2.24, 2.45) is 0 Å². The highest BCUT2D eigenvalue weighted by Crippen LogP contribution is 2.22. The molecular formula is C16H11ClN2O4. The quantitative estimate of drug-likeness (QED) is 0.743. The van der Waals surface area contributed by atoms with Gasteiger partial charge < -0.3 is 14.1 Å². The Hall–Kier alpha value is -2.86. The summed E-state index contributed by atoms with van der Waals surface area (Å²) >= 11 is 5.83. The van der Waals surface area contributed by atoms with E-state index in [0.717, 1.165) is 5.56 Å². The van der Waals surface area contributed by atoms with E-state index in [1.54, 1.807) is 30.3 Å². The summed E-state index contributed by atoms with van der Waals surface area (Å²) in [5, 5.41) is 0.621. The fraction of sp³-hybridized carbons (Fsp3) is 0.0625. The minimum absolute atomic E-state index is 0.0722. The summed E-state index contributed by atoms with van der Waals surface area (Å²) in [5.41, 5.74) is 0.225. The van der Waals surface area contributed by atoms with Crippen molar-refractivity contribution >= 4 is 17.6 Å². The van der Waals surface area contributed by atoms with Gasteiger partial charge in [0.1, 0.15) is 5.56 Å². The second-order valence-corrected chi connectivity index (χ2v) is 5.05. The number of H-pyrrole nitrogens is 1. The number of benzene rings is 1. The van der Waals surface area contributed by atoms with Crippen LogP contribution in [0.1, 0.15) is 16.2 Å². The number of carbonyl (C=O) groups excluding carboxylic acids is 1. The molecule has 0 fully saturated rings. The fourth-order valence-electron chi connectivity index (χ4n) is 1.91. The van der Waals surface area contributed by atoms with Crippen molar-refractivity contribution in [2.45, 2.75) is 6.61 Å². The number of nitrogens with zero attached hydrogens (tertiary/aromatic N) is 1. The molecule has 0 saturated carbocycles. The van der Waals surface area contributed by atoms with Crippen molar-refractivity contribution < 1.29 is 13.9 Å². The first-order valence-corrected chi connectivity index (χ1v) is 7.07. The number of hydrogen-bond acceptors (Lipinski definition) is 5. The summed E-state index contributed by atoms with van der Waals surface area (Å²) in [6, 6.07) is 9.99. The van der Waals surface area contributed by atoms with Crippen LogP contribution in [0.2, 0.25) is 5.02 Å². The number of hydrogen-bond donors (Lipinski definition) is 1. The predicted octanol–water partition coefficient (Wildman–Crippen LogP) is 3.04. The Balaban J connectivity index is 1.68. The van der Waals surface area contributed by atoms with Gasteiger partial charge in [-0.1, -0.05) is 11.6 Å².